The van der Waals surface area contributed by atoms with E-state index < -0.39 is 0 Å². The van der Waals surface area contributed by atoms with Crippen LogP contribution in [0.25, 0.3) is 10.9 Å². The summed E-state index contributed by atoms with van der Waals surface area (Å²) in [5.41, 5.74) is 0.110. The normalized spacial score (nSPS) is 9.93. The zero-order valence-corrected chi connectivity index (χ0v) is 7.11. The second-order valence-corrected chi connectivity index (χ2v) is 2.83. The van der Waals surface area contributed by atoms with E-state index in [0.717, 1.165) is 0 Å². The number of aromatic hydroxyl groups is 1. The van der Waals surface area contributed by atoms with Crippen molar-refractivity contribution in [2.75, 3.05) is 0 Å². The quantitative estimate of drug-likeness (QED) is 0.646. The second kappa shape index (κ2) is 2.89. The molecule has 4 heteroatoms. The topological polar surface area (TPSA) is 76.9 Å². The van der Waals surface area contributed by atoms with E-state index in [4.69, 9.17) is 5.26 Å². The maximum atomic E-state index is 11.4. The Kier molecular flexibility index (Phi) is 1.72. The van der Waals surface area contributed by atoms with Crippen LogP contribution in [0.4, 0.5) is 0 Å². The number of aromatic amines is 1. The molecule has 0 aliphatic rings. The van der Waals surface area contributed by atoms with Gasteiger partial charge in [-0.2, -0.15) is 5.26 Å². The van der Waals surface area contributed by atoms with Gasteiger partial charge in [0.15, 0.2) is 0 Å². The largest absolute Gasteiger partial charge is 0.494 e. The van der Waals surface area contributed by atoms with Crippen LogP contribution >= 0.6 is 0 Å². The molecule has 0 saturated heterocycles. The molecule has 0 bridgehead atoms. The molecule has 2 rings (SSSR count). The first-order valence-electron chi connectivity index (χ1n) is 3.98. The fraction of sp³-hybridized carbons (Fsp3) is 0. The first-order chi connectivity index (χ1) is 6.74. The first kappa shape index (κ1) is 8.32. The minimum absolute atomic E-state index is 0.105. The lowest BCUT2D eigenvalue weighted by Crippen LogP contribution is -1.93. The Morgan fingerprint density at radius 2 is 2.07 bits per heavy atom. The van der Waals surface area contributed by atoms with Crippen LogP contribution in [0.5, 0.6) is 5.88 Å². The van der Waals surface area contributed by atoms with Crippen LogP contribution in [0, 0.1) is 11.3 Å². The summed E-state index contributed by atoms with van der Waals surface area (Å²) in [4.78, 5) is 13.9. The molecular weight excluding hydrogens is 180 g/mol. The highest BCUT2D eigenvalue weighted by Crippen LogP contribution is 2.22. The first-order valence-corrected chi connectivity index (χ1v) is 3.98. The van der Waals surface area contributed by atoms with Crippen molar-refractivity contribution in [3.05, 3.63) is 40.1 Å². The molecule has 68 valence electrons. The summed E-state index contributed by atoms with van der Waals surface area (Å²) in [6, 6.07) is 8.07. The number of fused-ring (bicyclic) bond motifs is 1. The Balaban J connectivity index is 3.08. The predicted molar refractivity (Wildman–Crippen MR) is 50.9 cm³/mol. The van der Waals surface area contributed by atoms with Gasteiger partial charge in [0.25, 0.3) is 0 Å². The Morgan fingerprint density at radius 3 is 2.79 bits per heavy atom. The summed E-state index contributed by atoms with van der Waals surface area (Å²) in [5, 5.41) is 18.5. The molecule has 1 aromatic carbocycles. The van der Waals surface area contributed by atoms with Crippen LogP contribution in [0.15, 0.2) is 29.1 Å². The van der Waals surface area contributed by atoms with Crippen molar-refractivity contribution in [2.24, 2.45) is 0 Å². The smallest absolute Gasteiger partial charge is 0.207 e. The van der Waals surface area contributed by atoms with E-state index in [2.05, 4.69) is 4.98 Å². The highest BCUT2D eigenvalue weighted by molar-refractivity contribution is 5.87. The van der Waals surface area contributed by atoms with Gasteiger partial charge in [0.2, 0.25) is 11.3 Å². The summed E-state index contributed by atoms with van der Waals surface area (Å²) in [5.74, 6) is -0.259. The molecule has 0 aliphatic heterocycles. The molecule has 0 unspecified atom stereocenters. The van der Waals surface area contributed by atoms with E-state index in [1.165, 1.54) is 6.07 Å². The molecule has 0 spiro atoms. The number of rotatable bonds is 0. The molecule has 0 amide bonds. The van der Waals surface area contributed by atoms with Crippen molar-refractivity contribution < 1.29 is 5.11 Å². The van der Waals surface area contributed by atoms with Crippen molar-refractivity contribution in [3.8, 4) is 11.9 Å². The molecule has 2 N–H and O–H groups in total. The van der Waals surface area contributed by atoms with Crippen LogP contribution in [0.2, 0.25) is 0 Å². The molecule has 0 radical (unpaired) electrons. The summed E-state index contributed by atoms with van der Waals surface area (Å²) < 4.78 is 0. The van der Waals surface area contributed by atoms with Gasteiger partial charge < -0.3 is 10.1 Å². The van der Waals surface area contributed by atoms with E-state index in [-0.39, 0.29) is 22.4 Å². The third-order valence-electron chi connectivity index (χ3n) is 2.00. The number of H-pyrrole nitrogens is 1. The van der Waals surface area contributed by atoms with Gasteiger partial charge in [0.1, 0.15) is 11.6 Å². The lowest BCUT2D eigenvalue weighted by molar-refractivity contribution is 0.457. The number of nitrogens with one attached hydrogen (secondary N) is 1. The van der Waals surface area contributed by atoms with Gasteiger partial charge in [-0.3, -0.25) is 4.79 Å². The Morgan fingerprint density at radius 1 is 1.36 bits per heavy atom. The molecule has 0 atom stereocenters. The van der Waals surface area contributed by atoms with Gasteiger partial charge in [-0.1, -0.05) is 18.2 Å². The Hall–Kier alpha value is -2.28. The minimum atomic E-state index is -0.259. The SMILES string of the molecule is N#Cc1c(O)[nH]c2c(=O)ccccc12. The number of hydrogen-bond donors (Lipinski definition) is 2. The summed E-state index contributed by atoms with van der Waals surface area (Å²) >= 11 is 0. The molecule has 0 saturated carbocycles. The van der Waals surface area contributed by atoms with Gasteiger partial charge in [0.05, 0.1) is 5.52 Å². The van der Waals surface area contributed by atoms with E-state index in [0.29, 0.717) is 5.39 Å². The molecular formula is C10H6N2O2. The maximum Gasteiger partial charge on any atom is 0.207 e. The molecule has 14 heavy (non-hydrogen) atoms. The second-order valence-electron chi connectivity index (χ2n) is 2.83. The molecule has 0 fully saturated rings. The van der Waals surface area contributed by atoms with Crippen LogP contribution in [-0.4, -0.2) is 10.1 Å². The standard InChI is InChI=1S/C10H6N2O2/c11-5-7-6-3-1-2-4-8(13)9(6)12-10(7)14/h1-4,12,14H. The van der Waals surface area contributed by atoms with Gasteiger partial charge in [-0.05, 0) is 6.07 Å². The highest BCUT2D eigenvalue weighted by atomic mass is 16.3. The summed E-state index contributed by atoms with van der Waals surface area (Å²) in [7, 11) is 0. The van der Waals surface area contributed by atoms with Crippen LogP contribution in [-0.2, 0) is 0 Å². The zero-order valence-electron chi connectivity index (χ0n) is 7.11. The van der Waals surface area contributed by atoms with E-state index in [9.17, 15) is 9.90 Å². The zero-order chi connectivity index (χ0) is 10.1. The minimum Gasteiger partial charge on any atom is -0.494 e. The van der Waals surface area contributed by atoms with Crippen molar-refractivity contribution in [1.82, 2.24) is 4.98 Å². The fourth-order valence-corrected chi connectivity index (χ4v) is 1.35. The number of aromatic nitrogens is 1. The predicted octanol–water partition coefficient (Wildman–Crippen LogP) is 1.11. The third-order valence-corrected chi connectivity index (χ3v) is 2.00. The molecule has 0 aliphatic carbocycles. The maximum absolute atomic E-state index is 11.4. The van der Waals surface area contributed by atoms with Crippen molar-refractivity contribution in [3.63, 3.8) is 0 Å². The van der Waals surface area contributed by atoms with Crippen LogP contribution < -0.4 is 5.43 Å². The van der Waals surface area contributed by atoms with Crippen LogP contribution in [0.1, 0.15) is 5.56 Å². The lowest BCUT2D eigenvalue weighted by Gasteiger charge is -1.81. The molecule has 4 nitrogen and oxygen atoms in total. The lowest BCUT2D eigenvalue weighted by atomic mass is 10.2. The van der Waals surface area contributed by atoms with Gasteiger partial charge >= 0.3 is 0 Å². The summed E-state index contributed by atoms with van der Waals surface area (Å²) in [6.45, 7) is 0. The van der Waals surface area contributed by atoms with Gasteiger partial charge in [0, 0.05) is 5.39 Å². The van der Waals surface area contributed by atoms with Crippen molar-refractivity contribution in [2.45, 2.75) is 0 Å². The number of hydrogen-bond acceptors (Lipinski definition) is 3. The van der Waals surface area contributed by atoms with Gasteiger partial charge in [-0.15, -0.1) is 0 Å². The molecule has 1 heterocycles. The fourth-order valence-electron chi connectivity index (χ4n) is 1.35. The summed E-state index contributed by atoms with van der Waals surface area (Å²) in [6.07, 6.45) is 0. The Labute approximate surface area is 79.0 Å². The number of nitriles is 1. The molecule has 1 aromatic heterocycles. The van der Waals surface area contributed by atoms with E-state index in [1.54, 1.807) is 18.2 Å². The van der Waals surface area contributed by atoms with Crippen molar-refractivity contribution >= 4 is 10.9 Å². The van der Waals surface area contributed by atoms with Gasteiger partial charge in [-0.25, -0.2) is 0 Å². The average molecular weight is 186 g/mol. The average Bonchev–Trinajstić information content (AvgIpc) is 2.39. The number of nitrogens with zero attached hydrogens (tertiary/aromatic N) is 1. The monoisotopic (exact) mass is 186 g/mol. The molecule has 2 aromatic rings. The van der Waals surface area contributed by atoms with Crippen LogP contribution in [0.3, 0.4) is 0 Å². The van der Waals surface area contributed by atoms with E-state index >= 15 is 0 Å². The third kappa shape index (κ3) is 1.04. The Bertz CT molecular complexity index is 593. The van der Waals surface area contributed by atoms with Crippen molar-refractivity contribution in [1.29, 1.82) is 5.26 Å². The van der Waals surface area contributed by atoms with E-state index in [1.807, 2.05) is 6.07 Å². The highest BCUT2D eigenvalue weighted by Gasteiger charge is 2.10.